The van der Waals surface area contributed by atoms with Crippen LogP contribution in [-0.4, -0.2) is 190 Å². The molecular formula is C52H72F4N4O18S2. The van der Waals surface area contributed by atoms with Gasteiger partial charge < -0.3 is 57.8 Å². The van der Waals surface area contributed by atoms with E-state index in [0.717, 1.165) is 28.8 Å². The zero-order chi connectivity index (χ0) is 58.2. The molecule has 28 heteroatoms. The molecule has 0 bridgehead atoms. The van der Waals surface area contributed by atoms with E-state index in [0.29, 0.717) is 123 Å². The van der Waals surface area contributed by atoms with Crippen LogP contribution in [0.3, 0.4) is 0 Å². The zero-order valence-electron chi connectivity index (χ0n) is 44.9. The largest absolute Gasteiger partial charge is 0.420 e. The van der Waals surface area contributed by atoms with Gasteiger partial charge in [-0.15, -0.1) is 0 Å². The second kappa shape index (κ2) is 37.2. The summed E-state index contributed by atoms with van der Waals surface area (Å²) >= 11 is 0. The van der Waals surface area contributed by atoms with Crippen LogP contribution in [-0.2, 0) is 77.1 Å². The van der Waals surface area contributed by atoms with Gasteiger partial charge in [-0.05, 0) is 54.3 Å². The monoisotopic (exact) mass is 1180 g/mol. The van der Waals surface area contributed by atoms with Crippen molar-refractivity contribution in [1.82, 2.24) is 9.79 Å². The molecule has 3 aromatic carbocycles. The molecule has 0 unspecified atom stereocenters. The molecular weight excluding hydrogens is 1110 g/mol. The van der Waals surface area contributed by atoms with Gasteiger partial charge in [0, 0.05) is 25.1 Å². The summed E-state index contributed by atoms with van der Waals surface area (Å²) in [6.07, 6.45) is 2.73. The lowest BCUT2D eigenvalue weighted by Crippen LogP contribution is -2.28. The fraction of sp³-hybridized carbons (Fsp3) is 0.538. The molecule has 1 heterocycles. The third-order valence-electron chi connectivity index (χ3n) is 10.9. The molecule has 0 aliphatic carbocycles. The van der Waals surface area contributed by atoms with Gasteiger partial charge in [-0.3, -0.25) is 19.2 Å². The maximum absolute atomic E-state index is 14.0. The van der Waals surface area contributed by atoms with Crippen molar-refractivity contribution in [1.29, 1.82) is 0 Å². The minimum Gasteiger partial charge on any atom is -0.420 e. The first kappa shape index (κ1) is 67.5. The molecule has 0 fully saturated rings. The summed E-state index contributed by atoms with van der Waals surface area (Å²) < 4.78 is 174. The van der Waals surface area contributed by atoms with Crippen LogP contribution in [0.5, 0.6) is 5.75 Å². The normalized spacial score (nSPS) is 12.7. The van der Waals surface area contributed by atoms with Crippen LogP contribution in [0.2, 0.25) is 0 Å². The number of fused-ring (bicyclic) bond motifs is 1. The number of benzene rings is 3. The molecule has 4 rings (SSSR count). The number of halogens is 4. The van der Waals surface area contributed by atoms with Crippen molar-refractivity contribution in [2.75, 3.05) is 152 Å². The van der Waals surface area contributed by atoms with Gasteiger partial charge in [0.2, 0.25) is 27.4 Å². The second-order valence-electron chi connectivity index (χ2n) is 16.9. The Morgan fingerprint density at radius 2 is 1.12 bits per heavy atom. The van der Waals surface area contributed by atoms with E-state index in [1.54, 1.807) is 17.2 Å². The summed E-state index contributed by atoms with van der Waals surface area (Å²) in [4.78, 5) is 20.2. The Balaban J connectivity index is 0.888. The number of hydrogen-bond donors (Lipinski definition) is 3. The predicted octanol–water partition coefficient (Wildman–Crippen LogP) is 5.55. The Kier molecular flexibility index (Phi) is 31.3. The minimum atomic E-state index is -5.65. The van der Waals surface area contributed by atoms with Crippen LogP contribution in [0.1, 0.15) is 38.7 Å². The number of ether oxygens (including phenoxy) is 11. The van der Waals surface area contributed by atoms with Gasteiger partial charge in [0.1, 0.15) is 5.84 Å². The van der Waals surface area contributed by atoms with Crippen LogP contribution >= 0.6 is 0 Å². The number of aliphatic imine (C=N–C) groups is 1. The van der Waals surface area contributed by atoms with E-state index < -0.39 is 66.4 Å². The van der Waals surface area contributed by atoms with Crippen LogP contribution in [0, 0.1) is 23.3 Å². The number of esters is 1. The number of rotatable bonds is 44. The lowest BCUT2D eigenvalue weighted by atomic mass is 10.0. The Labute approximate surface area is 464 Å². The first-order chi connectivity index (χ1) is 38.5. The topological polar surface area (TPSA) is 270 Å². The molecule has 448 valence electrons. The number of nitrogens with zero attached hydrogens (tertiary/aromatic N) is 2. The Morgan fingerprint density at radius 1 is 0.662 bits per heavy atom. The van der Waals surface area contributed by atoms with E-state index in [2.05, 4.69) is 28.0 Å². The molecule has 0 amide bonds. The molecule has 0 radical (unpaired) electrons. The number of hydroxylamine groups is 2. The van der Waals surface area contributed by atoms with Crippen molar-refractivity contribution in [2.45, 2.75) is 42.9 Å². The molecule has 80 heavy (non-hydrogen) atoms. The van der Waals surface area contributed by atoms with E-state index in [1.165, 1.54) is 6.07 Å². The molecule has 0 saturated heterocycles. The third-order valence-corrected chi connectivity index (χ3v) is 13.2. The number of allylic oxidation sites excluding steroid dienone is 1. The summed E-state index contributed by atoms with van der Waals surface area (Å²) in [5, 5.41) is 1.79. The second-order valence-corrected chi connectivity index (χ2v) is 20.0. The molecule has 4 N–H and O–H groups in total. The highest BCUT2D eigenvalue weighted by atomic mass is 32.2. The fourth-order valence-corrected chi connectivity index (χ4v) is 8.73. The number of nitrogens with one attached hydrogen (secondary N) is 1. The van der Waals surface area contributed by atoms with E-state index >= 15 is 0 Å². The maximum Gasteiger partial charge on any atom is 0.313 e. The molecule has 0 atom stereocenters. The van der Waals surface area contributed by atoms with E-state index in [4.69, 9.17) is 62.5 Å². The standard InChI is InChI=1S/C52H72F4N4O18S2/c1-4-13-60(77-5-2)38(3)42-34-41-10-9-40(36-44(41)59-45(57)37-42)39-7-6-8-43(35-39)79(62,63)58-12-15-68-17-19-70-21-23-72-25-27-74-29-31-76-33-32-75-30-28-73-26-24-71-22-20-69-18-16-67-14-11-46(61)78-51-47(53)49(55)52(80(64,65)66)50(56)48(51)54/h6-10,34-36,58H,3-5,11-33,37H2,1-2H3,(H2,57,59)(H,64,65,66). The highest BCUT2D eigenvalue weighted by molar-refractivity contribution is 7.89. The number of carbonyl (C=O) groups excluding carboxylic acids is 1. The van der Waals surface area contributed by atoms with Gasteiger partial charge in [-0.2, -0.15) is 17.2 Å². The lowest BCUT2D eigenvalue weighted by Gasteiger charge is -2.26. The third kappa shape index (κ3) is 24.2. The van der Waals surface area contributed by atoms with E-state index in [1.807, 2.05) is 37.3 Å². The van der Waals surface area contributed by atoms with Crippen molar-refractivity contribution >= 4 is 43.7 Å². The fourth-order valence-electron chi connectivity index (χ4n) is 7.04. The molecule has 3 aromatic rings. The molecule has 0 aromatic heterocycles. The molecule has 0 spiro atoms. The van der Waals surface area contributed by atoms with Crippen molar-refractivity contribution < 1.29 is 101 Å². The maximum atomic E-state index is 14.0. The SMILES string of the molecule is C=C(C1=Cc2ccc(-c3cccc(S(=O)(=O)NCCOCCOCCOCCOCCOCCOCCOCCOCCOCCOCCC(=O)Oc4c(F)c(F)c(S(=O)(=O)O)c(F)c4F)c3)cc2N=C(N)C1)N(CCC)OCC. The van der Waals surface area contributed by atoms with Gasteiger partial charge >= 0.3 is 16.1 Å². The van der Waals surface area contributed by atoms with Crippen LogP contribution in [0.4, 0.5) is 23.2 Å². The summed E-state index contributed by atoms with van der Waals surface area (Å²) in [5.74, 6) is -12.3. The number of nitrogens with two attached hydrogens (primary N) is 1. The first-order valence-electron chi connectivity index (χ1n) is 25.7. The van der Waals surface area contributed by atoms with Crippen LogP contribution in [0.25, 0.3) is 17.2 Å². The highest BCUT2D eigenvalue weighted by Crippen LogP contribution is 2.35. The molecule has 1 aliphatic heterocycles. The van der Waals surface area contributed by atoms with Crippen molar-refractivity contribution in [2.24, 2.45) is 10.7 Å². The quantitative estimate of drug-likeness (QED) is 0.0119. The molecule has 0 saturated carbocycles. The van der Waals surface area contributed by atoms with Gasteiger partial charge in [0.05, 0.1) is 161 Å². The van der Waals surface area contributed by atoms with Crippen LogP contribution in [0.15, 0.2) is 75.1 Å². The number of sulfonamides is 1. The summed E-state index contributed by atoms with van der Waals surface area (Å²) in [6.45, 7) is 15.0. The summed E-state index contributed by atoms with van der Waals surface area (Å²) in [6, 6.07) is 12.4. The lowest BCUT2D eigenvalue weighted by molar-refractivity contribution is -0.136. The Morgan fingerprint density at radius 3 is 1.59 bits per heavy atom. The van der Waals surface area contributed by atoms with Crippen LogP contribution < -0.4 is 15.2 Å². The van der Waals surface area contributed by atoms with Gasteiger partial charge in [0.25, 0.3) is 0 Å². The average molecular weight is 1180 g/mol. The number of hydrogen-bond acceptors (Lipinski definition) is 20. The predicted molar refractivity (Wildman–Crippen MR) is 283 cm³/mol. The van der Waals surface area contributed by atoms with E-state index in [9.17, 15) is 39.2 Å². The van der Waals surface area contributed by atoms with Crippen molar-refractivity contribution in [3.05, 3.63) is 89.1 Å². The summed E-state index contributed by atoms with van der Waals surface area (Å²) in [7, 11) is -9.47. The highest BCUT2D eigenvalue weighted by Gasteiger charge is 2.34. The smallest absolute Gasteiger partial charge is 0.313 e. The van der Waals surface area contributed by atoms with Gasteiger partial charge in [-0.1, -0.05) is 37.8 Å². The summed E-state index contributed by atoms with van der Waals surface area (Å²) in [5.41, 5.74) is 11.0. The number of carbonyl (C=O) groups is 1. The average Bonchev–Trinajstić information content (AvgIpc) is 3.62. The first-order valence-corrected chi connectivity index (χ1v) is 28.6. The van der Waals surface area contributed by atoms with Gasteiger partial charge in [0.15, 0.2) is 16.5 Å². The molecule has 1 aliphatic rings. The number of amidine groups is 1. The minimum absolute atomic E-state index is 0.0144. The van der Waals surface area contributed by atoms with E-state index in [-0.39, 0.29) is 57.7 Å². The zero-order valence-corrected chi connectivity index (χ0v) is 46.5. The van der Waals surface area contributed by atoms with Crippen molar-refractivity contribution in [3.63, 3.8) is 0 Å². The van der Waals surface area contributed by atoms with Gasteiger partial charge in [-0.25, -0.2) is 26.9 Å². The van der Waals surface area contributed by atoms with Crippen molar-refractivity contribution in [3.8, 4) is 16.9 Å². The Bertz CT molecular complexity index is 2650. The molecule has 22 nitrogen and oxygen atoms in total. The Hall–Kier alpha value is -5.02.